The van der Waals surface area contributed by atoms with E-state index in [0.717, 1.165) is 0 Å². The van der Waals surface area contributed by atoms with Crippen LogP contribution in [0.2, 0.25) is 0 Å². The number of carbonyl (C=O) groups excluding carboxylic acids is 1. The molecule has 1 unspecified atom stereocenters. The number of halogens is 5. The Morgan fingerprint density at radius 1 is 1.41 bits per heavy atom. The molecule has 27 heavy (non-hydrogen) atoms. The molecule has 1 heterocycles. The molecule has 1 aromatic rings. The van der Waals surface area contributed by atoms with Crippen LogP contribution in [-0.2, 0) is 21.0 Å². The number of rotatable bonds is 6. The average Bonchev–Trinajstić information content (AvgIpc) is 2.93. The highest BCUT2D eigenvalue weighted by atomic mass is 19.4. The Hall–Kier alpha value is -2.47. The van der Waals surface area contributed by atoms with Gasteiger partial charge in [0.1, 0.15) is 11.8 Å². The molecule has 2 N–H and O–H groups in total. The number of ether oxygens (including phenoxy) is 1. The third kappa shape index (κ3) is 7.35. The first-order chi connectivity index (χ1) is 12.6. The van der Waals surface area contributed by atoms with E-state index in [1.165, 1.54) is 11.1 Å². The fourth-order valence-electron chi connectivity index (χ4n) is 1.96. The third-order valence-electron chi connectivity index (χ3n) is 3.20. The number of nitrogens with zero attached hydrogens (tertiary/aromatic N) is 1. The molecular weight excluding hydrogens is 383 g/mol. The minimum Gasteiger partial charge on any atom is -0.475 e. The molecular formula is C15H17F5N2O5. The Labute approximate surface area is 150 Å². The summed E-state index contributed by atoms with van der Waals surface area (Å²) in [5.41, 5.74) is 0.565. The van der Waals surface area contributed by atoms with Crippen LogP contribution < -0.4 is 10.1 Å². The fourth-order valence-corrected chi connectivity index (χ4v) is 1.96. The van der Waals surface area contributed by atoms with Crippen molar-refractivity contribution in [3.05, 3.63) is 29.8 Å². The zero-order valence-corrected chi connectivity index (χ0v) is 14.0. The van der Waals surface area contributed by atoms with Crippen molar-refractivity contribution in [2.45, 2.75) is 32.3 Å². The standard InChI is InChI=1S/C13H16F2N2O3.C2HF3O2/c1-2-17-12(18)10(8-19-17)16-7-9-5-3-4-6-11(9)20-13(14)15;3-2(4,5)1(6)7/h3-6,10,13,16H,2,7-8H2,1H3;(H,6,7). The molecule has 0 aliphatic carbocycles. The van der Waals surface area contributed by atoms with Gasteiger partial charge in [0.25, 0.3) is 5.91 Å². The van der Waals surface area contributed by atoms with E-state index >= 15 is 0 Å². The Morgan fingerprint density at radius 2 is 2.00 bits per heavy atom. The Balaban J connectivity index is 0.000000445. The molecule has 0 spiro atoms. The summed E-state index contributed by atoms with van der Waals surface area (Å²) in [6, 6.07) is 6.01. The van der Waals surface area contributed by atoms with Gasteiger partial charge in [0.05, 0.1) is 6.61 Å². The molecule has 1 aromatic carbocycles. The molecule has 152 valence electrons. The van der Waals surface area contributed by atoms with E-state index in [2.05, 4.69) is 10.1 Å². The zero-order valence-electron chi connectivity index (χ0n) is 14.0. The van der Waals surface area contributed by atoms with Crippen LogP contribution in [0.5, 0.6) is 5.75 Å². The first-order valence-electron chi connectivity index (χ1n) is 7.56. The van der Waals surface area contributed by atoms with Crippen LogP contribution >= 0.6 is 0 Å². The smallest absolute Gasteiger partial charge is 0.475 e. The second kappa shape index (κ2) is 10.0. The zero-order chi connectivity index (χ0) is 20.6. The molecule has 0 saturated carbocycles. The van der Waals surface area contributed by atoms with E-state index in [4.69, 9.17) is 14.7 Å². The second-order valence-electron chi connectivity index (χ2n) is 5.05. The van der Waals surface area contributed by atoms with E-state index in [0.29, 0.717) is 12.1 Å². The van der Waals surface area contributed by atoms with Crippen molar-refractivity contribution in [3.8, 4) is 5.75 Å². The van der Waals surface area contributed by atoms with Gasteiger partial charge >= 0.3 is 18.8 Å². The van der Waals surface area contributed by atoms with E-state index < -0.39 is 24.8 Å². The number of para-hydroxylation sites is 1. The summed E-state index contributed by atoms with van der Waals surface area (Å²) in [4.78, 5) is 25.9. The molecule has 1 fully saturated rings. The van der Waals surface area contributed by atoms with Crippen LogP contribution in [0.1, 0.15) is 12.5 Å². The lowest BCUT2D eigenvalue weighted by molar-refractivity contribution is -0.192. The van der Waals surface area contributed by atoms with Crippen molar-refractivity contribution in [2.24, 2.45) is 0 Å². The maximum absolute atomic E-state index is 12.3. The first-order valence-corrected chi connectivity index (χ1v) is 7.56. The quantitative estimate of drug-likeness (QED) is 0.712. The fraction of sp³-hybridized carbons (Fsp3) is 0.467. The van der Waals surface area contributed by atoms with Gasteiger partial charge in [-0.25, -0.2) is 9.86 Å². The number of aliphatic carboxylic acids is 1. The molecule has 0 aromatic heterocycles. The summed E-state index contributed by atoms with van der Waals surface area (Å²) < 4.78 is 60.7. The van der Waals surface area contributed by atoms with Crippen molar-refractivity contribution in [3.63, 3.8) is 0 Å². The number of hydrogen-bond donors (Lipinski definition) is 2. The van der Waals surface area contributed by atoms with Crippen LogP contribution in [0.25, 0.3) is 0 Å². The van der Waals surface area contributed by atoms with E-state index in [1.807, 2.05) is 6.92 Å². The molecule has 1 atom stereocenters. The predicted octanol–water partition coefficient (Wildman–Crippen LogP) is 2.17. The van der Waals surface area contributed by atoms with Gasteiger partial charge in [-0.2, -0.15) is 22.0 Å². The van der Waals surface area contributed by atoms with Gasteiger partial charge in [-0.3, -0.25) is 14.9 Å². The number of carboxylic acid groups (broad SMARTS) is 1. The highest BCUT2D eigenvalue weighted by molar-refractivity contribution is 5.82. The summed E-state index contributed by atoms with van der Waals surface area (Å²) in [5, 5.41) is 11.4. The molecule has 1 aliphatic heterocycles. The number of carboxylic acids is 1. The van der Waals surface area contributed by atoms with Crippen LogP contribution in [0.3, 0.4) is 0 Å². The van der Waals surface area contributed by atoms with Crippen molar-refractivity contribution in [1.29, 1.82) is 0 Å². The Kier molecular flexibility index (Phi) is 8.37. The maximum Gasteiger partial charge on any atom is 0.490 e. The van der Waals surface area contributed by atoms with E-state index in [1.54, 1.807) is 18.2 Å². The molecule has 1 saturated heterocycles. The average molecular weight is 400 g/mol. The number of hydrogen-bond acceptors (Lipinski definition) is 5. The van der Waals surface area contributed by atoms with Gasteiger partial charge in [0.15, 0.2) is 0 Å². The van der Waals surface area contributed by atoms with Crippen LogP contribution in [0.15, 0.2) is 24.3 Å². The largest absolute Gasteiger partial charge is 0.490 e. The van der Waals surface area contributed by atoms with Crippen LogP contribution in [0.4, 0.5) is 22.0 Å². The van der Waals surface area contributed by atoms with Crippen molar-refractivity contribution in [1.82, 2.24) is 10.4 Å². The Bertz CT molecular complexity index is 641. The highest BCUT2D eigenvalue weighted by Crippen LogP contribution is 2.20. The van der Waals surface area contributed by atoms with Crippen molar-refractivity contribution in [2.75, 3.05) is 13.2 Å². The molecule has 1 amide bonds. The molecule has 0 radical (unpaired) electrons. The third-order valence-corrected chi connectivity index (χ3v) is 3.20. The van der Waals surface area contributed by atoms with Gasteiger partial charge in [-0.15, -0.1) is 0 Å². The number of likely N-dealkylation sites (N-methyl/N-ethyl adjacent to an activating group) is 1. The van der Waals surface area contributed by atoms with Gasteiger partial charge in [-0.05, 0) is 13.0 Å². The van der Waals surface area contributed by atoms with Gasteiger partial charge in [0.2, 0.25) is 0 Å². The normalized spacial score (nSPS) is 16.9. The monoisotopic (exact) mass is 400 g/mol. The predicted molar refractivity (Wildman–Crippen MR) is 80.7 cm³/mol. The number of alkyl halides is 5. The van der Waals surface area contributed by atoms with Gasteiger partial charge < -0.3 is 9.84 Å². The van der Waals surface area contributed by atoms with Crippen molar-refractivity contribution >= 4 is 11.9 Å². The maximum atomic E-state index is 12.3. The first kappa shape index (κ1) is 22.6. The van der Waals surface area contributed by atoms with Gasteiger partial charge in [-0.1, -0.05) is 18.2 Å². The minimum atomic E-state index is -5.08. The SMILES string of the molecule is CCN1OCC(NCc2ccccc2OC(F)F)C1=O.O=C(O)C(F)(F)F. The molecule has 12 heteroatoms. The minimum absolute atomic E-state index is 0.105. The number of amides is 1. The van der Waals surface area contributed by atoms with Crippen LogP contribution in [-0.4, -0.2) is 54.0 Å². The second-order valence-corrected chi connectivity index (χ2v) is 5.05. The summed E-state index contributed by atoms with van der Waals surface area (Å²) in [7, 11) is 0. The van der Waals surface area contributed by atoms with Gasteiger partial charge in [0, 0.05) is 18.7 Å². The summed E-state index contributed by atoms with van der Waals surface area (Å²) in [6.07, 6.45) is -5.08. The number of nitrogens with one attached hydrogen (secondary N) is 1. The lowest BCUT2D eigenvalue weighted by Gasteiger charge is -2.14. The number of hydroxylamine groups is 2. The van der Waals surface area contributed by atoms with Crippen LogP contribution in [0, 0.1) is 0 Å². The summed E-state index contributed by atoms with van der Waals surface area (Å²) in [5.74, 6) is -2.80. The molecule has 1 aliphatic rings. The van der Waals surface area contributed by atoms with E-state index in [9.17, 15) is 26.7 Å². The molecule has 0 bridgehead atoms. The Morgan fingerprint density at radius 3 is 2.48 bits per heavy atom. The van der Waals surface area contributed by atoms with Crippen molar-refractivity contribution < 1.29 is 46.2 Å². The number of benzene rings is 1. The molecule has 2 rings (SSSR count). The highest BCUT2D eigenvalue weighted by Gasteiger charge is 2.38. The van der Waals surface area contributed by atoms with E-state index in [-0.39, 0.29) is 24.8 Å². The lowest BCUT2D eigenvalue weighted by Crippen LogP contribution is -2.38. The lowest BCUT2D eigenvalue weighted by atomic mass is 10.2. The summed E-state index contributed by atoms with van der Waals surface area (Å²) >= 11 is 0. The number of carbonyl (C=O) groups is 2. The topological polar surface area (TPSA) is 88.1 Å². The molecule has 7 nitrogen and oxygen atoms in total. The summed E-state index contributed by atoms with van der Waals surface area (Å²) in [6.45, 7) is -0.0954.